The lowest BCUT2D eigenvalue weighted by molar-refractivity contribution is -0.142. The SMILES string of the molecule is Cl.[2H]C([2H])([2H])C(N)(Cc1ccc(O)c(O)c1)C(=O)O. The Balaban J connectivity index is 0.00000324. The highest BCUT2D eigenvalue weighted by Gasteiger charge is 2.28. The first kappa shape index (κ1) is 9.74. The summed E-state index contributed by atoms with van der Waals surface area (Å²) in [5.41, 5.74) is 3.18. The molecule has 0 aliphatic carbocycles. The molecule has 0 spiro atoms. The first-order valence-corrected chi connectivity index (χ1v) is 4.11. The van der Waals surface area contributed by atoms with E-state index in [0.717, 1.165) is 12.1 Å². The van der Waals surface area contributed by atoms with E-state index in [1.165, 1.54) is 6.07 Å². The molecular weight excluding hydrogens is 234 g/mol. The molecule has 1 aromatic carbocycles. The first-order chi connectivity index (χ1) is 8.08. The lowest BCUT2D eigenvalue weighted by atomic mass is 9.94. The molecule has 0 heterocycles. The maximum absolute atomic E-state index is 11.0. The second kappa shape index (κ2) is 5.05. The van der Waals surface area contributed by atoms with Crippen molar-refractivity contribution in [3.63, 3.8) is 0 Å². The van der Waals surface area contributed by atoms with E-state index in [-0.39, 0.29) is 23.7 Å². The Hall–Kier alpha value is -1.46. The van der Waals surface area contributed by atoms with Crippen molar-refractivity contribution in [2.75, 3.05) is 0 Å². The molecule has 0 aliphatic heterocycles. The molecular formula is C10H14ClNO4. The normalized spacial score (nSPS) is 17.2. The maximum atomic E-state index is 11.0. The van der Waals surface area contributed by atoms with Crippen molar-refractivity contribution in [3.05, 3.63) is 23.8 Å². The van der Waals surface area contributed by atoms with Gasteiger partial charge in [0.05, 0.1) is 0 Å². The van der Waals surface area contributed by atoms with Crippen LogP contribution in [0, 0.1) is 0 Å². The molecule has 6 heteroatoms. The van der Waals surface area contributed by atoms with Gasteiger partial charge >= 0.3 is 5.97 Å². The number of hydrogen-bond donors (Lipinski definition) is 4. The molecule has 0 amide bonds. The Labute approximate surface area is 103 Å². The summed E-state index contributed by atoms with van der Waals surface area (Å²) in [6.07, 6.45) is -0.493. The summed E-state index contributed by atoms with van der Waals surface area (Å²) in [5, 5.41) is 27.3. The third-order valence-corrected chi connectivity index (χ3v) is 1.90. The molecule has 0 aromatic heterocycles. The Kier molecular flexibility index (Phi) is 3.07. The number of carboxylic acid groups (broad SMARTS) is 1. The number of rotatable bonds is 3. The van der Waals surface area contributed by atoms with Gasteiger partial charge < -0.3 is 21.1 Å². The Morgan fingerprint density at radius 2 is 2.12 bits per heavy atom. The van der Waals surface area contributed by atoms with Gasteiger partial charge in [0.1, 0.15) is 5.54 Å². The number of halogens is 1. The standard InChI is InChI=1S/C10H13NO4.ClH/c1-10(11,9(14)15)5-6-2-3-7(12)8(13)4-6;/h2-4,12-13H,5,11H2,1H3,(H,14,15);1H/i1D3;. The fourth-order valence-electron chi connectivity index (χ4n) is 1.08. The van der Waals surface area contributed by atoms with Gasteiger partial charge in [-0.15, -0.1) is 12.4 Å². The second-order valence-electron chi connectivity index (χ2n) is 3.28. The summed E-state index contributed by atoms with van der Waals surface area (Å²) >= 11 is 0. The van der Waals surface area contributed by atoms with Crippen LogP contribution in [-0.2, 0) is 11.2 Å². The van der Waals surface area contributed by atoms with Crippen LogP contribution in [0.1, 0.15) is 16.5 Å². The predicted octanol–water partition coefficient (Wildman–Crippen LogP) is 0.864. The number of aromatic hydroxyl groups is 2. The third kappa shape index (κ3) is 3.29. The van der Waals surface area contributed by atoms with Crippen LogP contribution in [0.5, 0.6) is 11.5 Å². The third-order valence-electron chi connectivity index (χ3n) is 1.90. The highest BCUT2D eigenvalue weighted by molar-refractivity contribution is 5.85. The number of carbonyl (C=O) groups is 1. The minimum atomic E-state index is -2.90. The zero-order valence-electron chi connectivity index (χ0n) is 11.2. The molecule has 1 rings (SSSR count). The van der Waals surface area contributed by atoms with Gasteiger partial charge in [-0.2, -0.15) is 0 Å². The predicted molar refractivity (Wildman–Crippen MR) is 61.0 cm³/mol. The van der Waals surface area contributed by atoms with E-state index in [1.807, 2.05) is 0 Å². The van der Waals surface area contributed by atoms with Gasteiger partial charge in [-0.3, -0.25) is 4.79 Å². The molecule has 5 nitrogen and oxygen atoms in total. The highest BCUT2D eigenvalue weighted by Crippen LogP contribution is 2.26. The van der Waals surface area contributed by atoms with E-state index in [2.05, 4.69) is 0 Å². The highest BCUT2D eigenvalue weighted by atomic mass is 35.5. The van der Waals surface area contributed by atoms with Gasteiger partial charge in [0.25, 0.3) is 0 Å². The van der Waals surface area contributed by atoms with E-state index in [1.54, 1.807) is 0 Å². The van der Waals surface area contributed by atoms with Crippen molar-refractivity contribution in [3.8, 4) is 11.5 Å². The zero-order valence-corrected chi connectivity index (χ0v) is 8.99. The molecule has 1 unspecified atom stereocenters. The summed E-state index contributed by atoms with van der Waals surface area (Å²) in [6, 6.07) is 3.50. The number of aliphatic carboxylic acids is 1. The smallest absolute Gasteiger partial charge is 0.323 e. The van der Waals surface area contributed by atoms with Crippen molar-refractivity contribution >= 4 is 18.4 Å². The number of phenols is 2. The largest absolute Gasteiger partial charge is 0.504 e. The molecule has 0 bridgehead atoms. The summed E-state index contributed by atoms with van der Waals surface area (Å²) < 4.78 is 21.5. The summed E-state index contributed by atoms with van der Waals surface area (Å²) in [4.78, 5) is 11.0. The van der Waals surface area contributed by atoms with Crippen molar-refractivity contribution in [2.24, 2.45) is 5.73 Å². The van der Waals surface area contributed by atoms with Gasteiger partial charge in [-0.05, 0) is 24.5 Å². The van der Waals surface area contributed by atoms with Crippen LogP contribution in [0.25, 0.3) is 0 Å². The van der Waals surface area contributed by atoms with Gasteiger partial charge in [0.2, 0.25) is 0 Å². The molecule has 0 radical (unpaired) electrons. The Morgan fingerprint density at radius 1 is 1.50 bits per heavy atom. The maximum Gasteiger partial charge on any atom is 0.323 e. The van der Waals surface area contributed by atoms with E-state index in [4.69, 9.17) is 20.1 Å². The van der Waals surface area contributed by atoms with Crippen molar-refractivity contribution < 1.29 is 24.2 Å². The molecule has 0 saturated carbocycles. The molecule has 0 saturated heterocycles. The molecule has 0 fully saturated rings. The van der Waals surface area contributed by atoms with Gasteiger partial charge in [-0.25, -0.2) is 0 Å². The minimum absolute atomic E-state index is 0. The van der Waals surface area contributed by atoms with Crippen LogP contribution in [0.2, 0.25) is 0 Å². The van der Waals surface area contributed by atoms with Crippen LogP contribution >= 0.6 is 12.4 Å². The molecule has 0 aliphatic rings. The number of phenolic OH excluding ortho intramolecular Hbond substituents is 2. The van der Waals surface area contributed by atoms with E-state index >= 15 is 0 Å². The number of nitrogens with two attached hydrogens (primary N) is 1. The zero-order chi connectivity index (χ0) is 14.1. The summed E-state index contributed by atoms with van der Waals surface area (Å²) in [5.74, 6) is -2.51. The fourth-order valence-corrected chi connectivity index (χ4v) is 1.08. The van der Waals surface area contributed by atoms with Gasteiger partial charge in [-0.1, -0.05) is 6.07 Å². The molecule has 1 aromatic rings. The molecule has 90 valence electrons. The number of hydrogen-bond acceptors (Lipinski definition) is 4. The van der Waals surface area contributed by atoms with Crippen LogP contribution in [0.3, 0.4) is 0 Å². The number of carboxylic acids is 1. The van der Waals surface area contributed by atoms with Crippen LogP contribution < -0.4 is 5.73 Å². The van der Waals surface area contributed by atoms with Crippen LogP contribution in [0.15, 0.2) is 18.2 Å². The van der Waals surface area contributed by atoms with Crippen LogP contribution in [-0.4, -0.2) is 26.8 Å². The van der Waals surface area contributed by atoms with E-state index in [0.29, 0.717) is 0 Å². The summed E-state index contributed by atoms with van der Waals surface area (Å²) in [7, 11) is 0. The lowest BCUT2D eigenvalue weighted by Gasteiger charge is -2.19. The average molecular weight is 251 g/mol. The molecule has 1 atom stereocenters. The number of benzene rings is 1. The van der Waals surface area contributed by atoms with E-state index in [9.17, 15) is 9.90 Å². The first-order valence-electron chi connectivity index (χ1n) is 5.61. The van der Waals surface area contributed by atoms with E-state index < -0.39 is 30.5 Å². The van der Waals surface area contributed by atoms with Gasteiger partial charge in [0, 0.05) is 10.5 Å². The molecule has 5 N–H and O–H groups in total. The average Bonchev–Trinajstić information content (AvgIpc) is 2.21. The van der Waals surface area contributed by atoms with Crippen molar-refractivity contribution in [1.29, 1.82) is 0 Å². The second-order valence-corrected chi connectivity index (χ2v) is 3.28. The van der Waals surface area contributed by atoms with Crippen molar-refractivity contribution in [1.82, 2.24) is 0 Å². The monoisotopic (exact) mass is 250 g/mol. The summed E-state index contributed by atoms with van der Waals surface area (Å²) in [6.45, 7) is -2.90. The Morgan fingerprint density at radius 3 is 2.56 bits per heavy atom. The van der Waals surface area contributed by atoms with Crippen LogP contribution in [0.4, 0.5) is 0 Å². The van der Waals surface area contributed by atoms with Gasteiger partial charge in [0.15, 0.2) is 11.5 Å². The fraction of sp³-hybridized carbons (Fsp3) is 0.300. The lowest BCUT2D eigenvalue weighted by Crippen LogP contribution is -2.46. The van der Waals surface area contributed by atoms with Crippen molar-refractivity contribution in [2.45, 2.75) is 18.8 Å². The quantitative estimate of drug-likeness (QED) is 0.596. The minimum Gasteiger partial charge on any atom is -0.504 e. The Bertz CT molecular complexity index is 480. The topological polar surface area (TPSA) is 104 Å². The molecule has 16 heavy (non-hydrogen) atoms.